The van der Waals surface area contributed by atoms with Crippen LogP contribution in [-0.2, 0) is 16.6 Å². The van der Waals surface area contributed by atoms with Crippen LogP contribution in [0, 0.1) is 6.92 Å². The molecule has 19 heavy (non-hydrogen) atoms. The third-order valence-corrected chi connectivity index (χ3v) is 4.20. The Kier molecular flexibility index (Phi) is 4.81. The normalized spacial score (nSPS) is 13.2. The van der Waals surface area contributed by atoms with Gasteiger partial charge in [-0.25, -0.2) is 13.1 Å². The molecule has 0 aliphatic rings. The third-order valence-electron chi connectivity index (χ3n) is 2.34. The maximum Gasteiger partial charge on any atom is 0.244 e. The predicted molar refractivity (Wildman–Crippen MR) is 75.5 cm³/mol. The van der Waals surface area contributed by atoms with Crippen molar-refractivity contribution in [1.29, 1.82) is 0 Å². The molecule has 0 radical (unpaired) electrons. The van der Waals surface area contributed by atoms with Gasteiger partial charge in [0.05, 0.1) is 6.54 Å². The lowest BCUT2D eigenvalue weighted by atomic mass is 10.1. The van der Waals surface area contributed by atoms with Gasteiger partial charge in [-0.15, -0.1) is 0 Å². The monoisotopic (exact) mass is 288 g/mol. The molecule has 0 atom stereocenters. The molecule has 0 saturated heterocycles. The molecule has 6 heteroatoms. The van der Waals surface area contributed by atoms with Crippen LogP contribution in [0.15, 0.2) is 15.4 Å². The minimum Gasteiger partial charge on any atom is -0.464 e. The van der Waals surface area contributed by atoms with Gasteiger partial charge in [0.25, 0.3) is 0 Å². The Balaban J connectivity index is 2.95. The average Bonchev–Trinajstić information content (AvgIpc) is 2.53. The minimum absolute atomic E-state index is 0.211. The summed E-state index contributed by atoms with van der Waals surface area (Å²) in [6, 6.07) is 1.90. The first-order chi connectivity index (χ1) is 8.51. The van der Waals surface area contributed by atoms with Crippen LogP contribution in [0.25, 0.3) is 0 Å². The van der Waals surface area contributed by atoms with Gasteiger partial charge in [0.1, 0.15) is 16.4 Å². The second-order valence-corrected chi connectivity index (χ2v) is 7.68. The quantitative estimate of drug-likeness (QED) is 0.871. The topological polar surface area (TPSA) is 71.3 Å². The van der Waals surface area contributed by atoms with E-state index in [1.165, 1.54) is 0 Å². The number of aryl methyl sites for hydroxylation is 1. The average molecular weight is 288 g/mol. The third kappa shape index (κ3) is 4.97. The van der Waals surface area contributed by atoms with Gasteiger partial charge in [0.15, 0.2) is 0 Å². The van der Waals surface area contributed by atoms with E-state index >= 15 is 0 Å². The molecule has 0 saturated carbocycles. The molecule has 2 N–H and O–H groups in total. The Morgan fingerprint density at radius 1 is 1.32 bits per heavy atom. The summed E-state index contributed by atoms with van der Waals surface area (Å²) in [5.74, 6) is 1.04. The van der Waals surface area contributed by atoms with E-state index in [-0.39, 0.29) is 4.90 Å². The Hall–Kier alpha value is -0.850. The molecule has 1 heterocycles. The van der Waals surface area contributed by atoms with E-state index in [4.69, 9.17) is 4.42 Å². The van der Waals surface area contributed by atoms with Crippen molar-refractivity contribution in [3.05, 3.63) is 17.6 Å². The van der Waals surface area contributed by atoms with Gasteiger partial charge in [-0.3, -0.25) is 0 Å². The van der Waals surface area contributed by atoms with Crippen molar-refractivity contribution in [3.63, 3.8) is 0 Å². The van der Waals surface area contributed by atoms with E-state index in [2.05, 4.69) is 10.0 Å². The van der Waals surface area contributed by atoms with Crippen LogP contribution >= 0.6 is 0 Å². The van der Waals surface area contributed by atoms with Gasteiger partial charge in [-0.05, 0) is 27.7 Å². The molecule has 5 nitrogen and oxygen atoms in total. The Morgan fingerprint density at radius 2 is 1.89 bits per heavy atom. The highest BCUT2D eigenvalue weighted by Gasteiger charge is 2.26. The van der Waals surface area contributed by atoms with E-state index in [0.29, 0.717) is 24.1 Å². The van der Waals surface area contributed by atoms with Crippen molar-refractivity contribution < 1.29 is 12.8 Å². The van der Waals surface area contributed by atoms with E-state index in [9.17, 15) is 8.42 Å². The highest BCUT2D eigenvalue weighted by Crippen LogP contribution is 2.21. The summed E-state index contributed by atoms with van der Waals surface area (Å²) in [5.41, 5.74) is -0.515. The molecule has 0 aliphatic carbocycles. The summed E-state index contributed by atoms with van der Waals surface area (Å²) in [5, 5.41) is 3.19. The fourth-order valence-electron chi connectivity index (χ4n) is 1.64. The Labute approximate surface area is 115 Å². The van der Waals surface area contributed by atoms with Crippen molar-refractivity contribution in [3.8, 4) is 0 Å². The smallest absolute Gasteiger partial charge is 0.244 e. The molecule has 1 aromatic rings. The maximum atomic E-state index is 12.2. The summed E-state index contributed by atoms with van der Waals surface area (Å²) in [4.78, 5) is 0.211. The lowest BCUT2D eigenvalue weighted by molar-refractivity contribution is 0.443. The molecule has 0 fully saturated rings. The molecule has 0 spiro atoms. The van der Waals surface area contributed by atoms with Gasteiger partial charge in [0.2, 0.25) is 10.0 Å². The van der Waals surface area contributed by atoms with Crippen LogP contribution in [0.1, 0.15) is 46.1 Å². The lowest BCUT2D eigenvalue weighted by Crippen LogP contribution is -2.40. The number of sulfonamides is 1. The maximum absolute atomic E-state index is 12.2. The summed E-state index contributed by atoms with van der Waals surface area (Å²) in [6.07, 6.45) is 0. The molecular weight excluding hydrogens is 264 g/mol. The molecular formula is C13H24N2O3S. The highest BCUT2D eigenvalue weighted by molar-refractivity contribution is 7.89. The number of nitrogens with one attached hydrogen (secondary N) is 2. The fourth-order valence-corrected chi connectivity index (χ4v) is 3.26. The molecule has 0 bridgehead atoms. The SMILES string of the molecule is Cc1oc(CNC(C)C)cc1S(=O)(=O)NC(C)(C)C. The van der Waals surface area contributed by atoms with Gasteiger partial charge in [-0.2, -0.15) is 0 Å². The van der Waals surface area contributed by atoms with Gasteiger partial charge in [-0.1, -0.05) is 13.8 Å². The molecule has 1 rings (SSSR count). The Morgan fingerprint density at radius 3 is 2.37 bits per heavy atom. The molecule has 0 unspecified atom stereocenters. The van der Waals surface area contributed by atoms with Crippen molar-refractivity contribution >= 4 is 10.0 Å². The highest BCUT2D eigenvalue weighted by atomic mass is 32.2. The molecule has 0 amide bonds. The summed E-state index contributed by atoms with van der Waals surface area (Å²) < 4.78 is 32.6. The van der Waals surface area contributed by atoms with Gasteiger partial charge < -0.3 is 9.73 Å². The van der Waals surface area contributed by atoms with Crippen LogP contribution in [0.2, 0.25) is 0 Å². The summed E-state index contributed by atoms with van der Waals surface area (Å²) in [7, 11) is -3.54. The molecule has 110 valence electrons. The predicted octanol–water partition coefficient (Wildman–Crippen LogP) is 2.16. The zero-order chi connectivity index (χ0) is 14.8. The number of hydrogen-bond donors (Lipinski definition) is 2. The van der Waals surface area contributed by atoms with E-state index in [0.717, 1.165) is 0 Å². The van der Waals surface area contributed by atoms with Crippen LogP contribution in [-0.4, -0.2) is 20.0 Å². The van der Waals surface area contributed by atoms with Crippen molar-refractivity contribution in [2.24, 2.45) is 0 Å². The van der Waals surface area contributed by atoms with Crippen LogP contribution < -0.4 is 10.0 Å². The summed E-state index contributed by atoms with van der Waals surface area (Å²) >= 11 is 0. The zero-order valence-corrected chi connectivity index (χ0v) is 13.3. The zero-order valence-electron chi connectivity index (χ0n) is 12.5. The van der Waals surface area contributed by atoms with Crippen molar-refractivity contribution in [2.75, 3.05) is 0 Å². The number of furan rings is 1. The van der Waals surface area contributed by atoms with Crippen LogP contribution in [0.5, 0.6) is 0 Å². The van der Waals surface area contributed by atoms with Crippen LogP contribution in [0.3, 0.4) is 0 Å². The van der Waals surface area contributed by atoms with Crippen LogP contribution in [0.4, 0.5) is 0 Å². The lowest BCUT2D eigenvalue weighted by Gasteiger charge is -2.19. The Bertz CT molecular complexity index is 525. The first-order valence-electron chi connectivity index (χ1n) is 6.38. The van der Waals surface area contributed by atoms with E-state index in [1.807, 2.05) is 13.8 Å². The fraction of sp³-hybridized carbons (Fsp3) is 0.692. The van der Waals surface area contributed by atoms with Crippen molar-refractivity contribution in [2.45, 2.75) is 64.6 Å². The number of hydrogen-bond acceptors (Lipinski definition) is 4. The first-order valence-corrected chi connectivity index (χ1v) is 7.86. The second-order valence-electron chi connectivity index (χ2n) is 6.02. The van der Waals surface area contributed by atoms with E-state index in [1.54, 1.807) is 33.8 Å². The first kappa shape index (κ1) is 16.2. The molecule has 0 aliphatic heterocycles. The minimum atomic E-state index is -3.54. The number of rotatable bonds is 5. The van der Waals surface area contributed by atoms with Gasteiger partial charge >= 0.3 is 0 Å². The standard InChI is InChI=1S/C13H24N2O3S/c1-9(2)14-8-11-7-12(10(3)18-11)19(16,17)15-13(4,5)6/h7,9,14-15H,8H2,1-6H3. The van der Waals surface area contributed by atoms with E-state index < -0.39 is 15.6 Å². The molecule has 1 aromatic heterocycles. The summed E-state index contributed by atoms with van der Waals surface area (Å²) in [6.45, 7) is 11.6. The molecule has 0 aromatic carbocycles. The second kappa shape index (κ2) is 5.64. The van der Waals surface area contributed by atoms with Crippen molar-refractivity contribution in [1.82, 2.24) is 10.0 Å². The largest absolute Gasteiger partial charge is 0.464 e. The van der Waals surface area contributed by atoms with Gasteiger partial charge in [0, 0.05) is 17.6 Å².